The molecule has 29 heavy (non-hydrogen) atoms. The summed E-state index contributed by atoms with van der Waals surface area (Å²) in [6.07, 6.45) is 8.87. The molecular weight excluding hydrogens is 366 g/mol. The SMILES string of the molecule is O=C(CCNC(=O)C12CC3CC(CC(C3)C1)C2)Nc1ccc2c(=O)cc[nH]c2c1. The first kappa shape index (κ1) is 18.4. The molecule has 0 aliphatic heterocycles. The minimum Gasteiger partial charge on any atom is -0.361 e. The predicted molar refractivity (Wildman–Crippen MR) is 111 cm³/mol. The summed E-state index contributed by atoms with van der Waals surface area (Å²) in [6.45, 7) is 0.358. The van der Waals surface area contributed by atoms with Crippen molar-refractivity contribution in [1.29, 1.82) is 0 Å². The van der Waals surface area contributed by atoms with E-state index in [0.29, 0.717) is 23.1 Å². The average molecular weight is 393 g/mol. The van der Waals surface area contributed by atoms with Crippen LogP contribution in [0.2, 0.25) is 0 Å². The fourth-order valence-corrected chi connectivity index (χ4v) is 6.34. The van der Waals surface area contributed by atoms with Gasteiger partial charge >= 0.3 is 0 Å². The molecular formula is C23H27N3O3. The third-order valence-electron chi connectivity index (χ3n) is 7.20. The number of pyridine rings is 1. The molecule has 4 fully saturated rings. The Bertz CT molecular complexity index is 990. The lowest BCUT2D eigenvalue weighted by atomic mass is 9.49. The highest BCUT2D eigenvalue weighted by Crippen LogP contribution is 2.60. The van der Waals surface area contributed by atoms with E-state index in [-0.39, 0.29) is 29.1 Å². The second-order valence-corrected chi connectivity index (χ2v) is 9.35. The van der Waals surface area contributed by atoms with Crippen molar-refractivity contribution in [2.45, 2.75) is 44.9 Å². The Morgan fingerprint density at radius 2 is 1.72 bits per heavy atom. The third-order valence-corrected chi connectivity index (χ3v) is 7.20. The largest absolute Gasteiger partial charge is 0.361 e. The van der Waals surface area contributed by atoms with Gasteiger partial charge in [-0.05, 0) is 74.5 Å². The van der Waals surface area contributed by atoms with E-state index in [4.69, 9.17) is 0 Å². The number of carbonyl (C=O) groups excluding carboxylic acids is 2. The van der Waals surface area contributed by atoms with Gasteiger partial charge in [-0.2, -0.15) is 0 Å². The molecule has 1 aromatic carbocycles. The maximum Gasteiger partial charge on any atom is 0.226 e. The molecule has 1 heterocycles. The highest BCUT2D eigenvalue weighted by molar-refractivity contribution is 5.94. The second kappa shape index (κ2) is 7.01. The first-order valence-electron chi connectivity index (χ1n) is 10.7. The van der Waals surface area contributed by atoms with Crippen LogP contribution in [-0.4, -0.2) is 23.3 Å². The lowest BCUT2D eigenvalue weighted by Crippen LogP contribution is -2.53. The minimum absolute atomic E-state index is 0.0518. The number of hydrogen-bond acceptors (Lipinski definition) is 3. The summed E-state index contributed by atoms with van der Waals surface area (Å²) in [5.74, 6) is 2.21. The molecule has 0 atom stereocenters. The van der Waals surface area contributed by atoms with Gasteiger partial charge in [-0.3, -0.25) is 14.4 Å². The Labute approximate surface area is 169 Å². The monoisotopic (exact) mass is 393 g/mol. The zero-order chi connectivity index (χ0) is 20.0. The second-order valence-electron chi connectivity index (χ2n) is 9.35. The van der Waals surface area contributed by atoms with Gasteiger partial charge in [0, 0.05) is 41.7 Å². The highest BCUT2D eigenvalue weighted by Gasteiger charge is 2.54. The smallest absolute Gasteiger partial charge is 0.226 e. The van der Waals surface area contributed by atoms with Gasteiger partial charge in [0.2, 0.25) is 11.8 Å². The van der Waals surface area contributed by atoms with E-state index in [0.717, 1.165) is 37.0 Å². The Morgan fingerprint density at radius 3 is 2.41 bits per heavy atom. The normalized spacial score (nSPS) is 29.7. The van der Waals surface area contributed by atoms with Crippen molar-refractivity contribution in [3.63, 3.8) is 0 Å². The van der Waals surface area contributed by atoms with Crippen molar-refractivity contribution in [2.75, 3.05) is 11.9 Å². The van der Waals surface area contributed by atoms with Gasteiger partial charge in [0.05, 0.1) is 5.52 Å². The van der Waals surface area contributed by atoms with E-state index in [9.17, 15) is 14.4 Å². The number of carbonyl (C=O) groups is 2. The number of fused-ring (bicyclic) bond motifs is 1. The number of H-pyrrole nitrogens is 1. The number of aromatic nitrogens is 1. The quantitative estimate of drug-likeness (QED) is 0.729. The number of amides is 2. The van der Waals surface area contributed by atoms with Crippen LogP contribution in [0.25, 0.3) is 10.9 Å². The Morgan fingerprint density at radius 1 is 1.03 bits per heavy atom. The van der Waals surface area contributed by atoms with Gasteiger partial charge in [0.1, 0.15) is 0 Å². The number of benzene rings is 1. The first-order valence-corrected chi connectivity index (χ1v) is 10.7. The van der Waals surface area contributed by atoms with E-state index in [1.807, 2.05) is 0 Å². The number of nitrogens with one attached hydrogen (secondary N) is 3. The molecule has 152 valence electrons. The summed E-state index contributed by atoms with van der Waals surface area (Å²) in [6, 6.07) is 6.66. The van der Waals surface area contributed by atoms with E-state index in [1.54, 1.807) is 24.4 Å². The highest BCUT2D eigenvalue weighted by atomic mass is 16.2. The van der Waals surface area contributed by atoms with Crippen LogP contribution in [0.3, 0.4) is 0 Å². The molecule has 4 aliphatic rings. The van der Waals surface area contributed by atoms with Gasteiger partial charge in [-0.15, -0.1) is 0 Å². The molecule has 6 nitrogen and oxygen atoms in total. The van der Waals surface area contributed by atoms with E-state index >= 15 is 0 Å². The van der Waals surface area contributed by atoms with Crippen LogP contribution in [0.4, 0.5) is 5.69 Å². The van der Waals surface area contributed by atoms with Crippen LogP contribution >= 0.6 is 0 Å². The van der Waals surface area contributed by atoms with Gasteiger partial charge < -0.3 is 15.6 Å². The molecule has 4 aliphatic carbocycles. The summed E-state index contributed by atoms with van der Waals surface area (Å²) >= 11 is 0. The number of rotatable bonds is 5. The number of hydrogen-bond donors (Lipinski definition) is 3. The Kier molecular flexibility index (Phi) is 4.45. The fourth-order valence-electron chi connectivity index (χ4n) is 6.34. The molecule has 0 radical (unpaired) electrons. The molecule has 0 unspecified atom stereocenters. The summed E-state index contributed by atoms with van der Waals surface area (Å²) < 4.78 is 0. The zero-order valence-corrected chi connectivity index (χ0v) is 16.5. The average Bonchev–Trinajstić information content (AvgIpc) is 2.67. The van der Waals surface area contributed by atoms with Crippen LogP contribution in [0, 0.1) is 23.2 Å². The summed E-state index contributed by atoms with van der Waals surface area (Å²) in [4.78, 5) is 40.1. The van der Waals surface area contributed by atoms with Crippen molar-refractivity contribution in [1.82, 2.24) is 10.3 Å². The van der Waals surface area contributed by atoms with Crippen molar-refractivity contribution in [3.05, 3.63) is 40.7 Å². The maximum atomic E-state index is 12.9. The molecule has 0 saturated heterocycles. The standard InChI is InChI=1S/C23H27N3O3/c27-20-3-5-24-19-10-17(1-2-18(19)20)26-21(28)4-6-25-22(29)23-11-14-7-15(12-23)9-16(8-14)13-23/h1-3,5,10,14-16H,4,6-9,11-13H2,(H,24,27)(H,25,29)(H,26,28). The Hall–Kier alpha value is -2.63. The molecule has 2 amide bonds. The van der Waals surface area contributed by atoms with Gasteiger partial charge in [0.25, 0.3) is 0 Å². The third kappa shape index (κ3) is 3.45. The molecule has 2 aromatic rings. The van der Waals surface area contributed by atoms with E-state index in [1.165, 1.54) is 25.3 Å². The van der Waals surface area contributed by atoms with Gasteiger partial charge in [-0.25, -0.2) is 0 Å². The summed E-state index contributed by atoms with van der Waals surface area (Å²) in [5, 5.41) is 6.49. The van der Waals surface area contributed by atoms with Crippen molar-refractivity contribution in [3.8, 4) is 0 Å². The molecule has 3 N–H and O–H groups in total. The van der Waals surface area contributed by atoms with Crippen LogP contribution < -0.4 is 16.1 Å². The van der Waals surface area contributed by atoms with Crippen molar-refractivity contribution < 1.29 is 9.59 Å². The van der Waals surface area contributed by atoms with Crippen molar-refractivity contribution in [2.24, 2.45) is 23.2 Å². The zero-order valence-electron chi connectivity index (χ0n) is 16.5. The van der Waals surface area contributed by atoms with Crippen LogP contribution in [0.15, 0.2) is 35.3 Å². The van der Waals surface area contributed by atoms with Crippen molar-refractivity contribution >= 4 is 28.4 Å². The molecule has 0 spiro atoms. The molecule has 1 aromatic heterocycles. The van der Waals surface area contributed by atoms with Crippen LogP contribution in [-0.2, 0) is 9.59 Å². The fraction of sp³-hybridized carbons (Fsp3) is 0.522. The lowest BCUT2D eigenvalue weighted by molar-refractivity contribution is -0.146. The van der Waals surface area contributed by atoms with Crippen LogP contribution in [0.1, 0.15) is 44.9 Å². The summed E-state index contributed by atoms with van der Waals surface area (Å²) in [7, 11) is 0. The first-order chi connectivity index (χ1) is 14.0. The van der Waals surface area contributed by atoms with E-state index < -0.39 is 0 Å². The molecule has 6 heteroatoms. The maximum absolute atomic E-state index is 12.9. The van der Waals surface area contributed by atoms with Crippen LogP contribution in [0.5, 0.6) is 0 Å². The molecule has 6 rings (SSSR count). The molecule has 4 bridgehead atoms. The number of aromatic amines is 1. The van der Waals surface area contributed by atoms with Gasteiger partial charge in [-0.1, -0.05) is 0 Å². The summed E-state index contributed by atoms with van der Waals surface area (Å²) in [5.41, 5.74) is 1.10. The topological polar surface area (TPSA) is 91.1 Å². The predicted octanol–water partition coefficient (Wildman–Crippen LogP) is 3.19. The molecule has 4 saturated carbocycles. The van der Waals surface area contributed by atoms with Gasteiger partial charge in [0.15, 0.2) is 5.43 Å². The minimum atomic E-state index is -0.171. The number of anilines is 1. The van der Waals surface area contributed by atoms with E-state index in [2.05, 4.69) is 15.6 Å². The Balaban J connectivity index is 1.16. The lowest BCUT2D eigenvalue weighted by Gasteiger charge is -2.55.